The van der Waals surface area contributed by atoms with Gasteiger partial charge in [-0.05, 0) is 47.9 Å². The summed E-state index contributed by atoms with van der Waals surface area (Å²) in [7, 11) is 0. The van der Waals surface area contributed by atoms with Crippen LogP contribution in [0.4, 0.5) is 10.5 Å². The molecule has 6 heteroatoms. The van der Waals surface area contributed by atoms with Gasteiger partial charge in [0.1, 0.15) is 11.3 Å². The van der Waals surface area contributed by atoms with Gasteiger partial charge in [0, 0.05) is 0 Å². The third-order valence-electron chi connectivity index (χ3n) is 3.89. The minimum atomic E-state index is -0.790. The number of phenols is 1. The molecular formula is C20H16N2O4. The molecule has 26 heavy (non-hydrogen) atoms. The molecule has 0 aliphatic carbocycles. The minimum Gasteiger partial charge on any atom is -0.508 e. The van der Waals surface area contributed by atoms with E-state index >= 15 is 0 Å². The van der Waals surface area contributed by atoms with Gasteiger partial charge in [0.25, 0.3) is 11.8 Å². The van der Waals surface area contributed by atoms with Gasteiger partial charge in [0.05, 0.1) is 5.69 Å². The van der Waals surface area contributed by atoms with E-state index in [2.05, 4.69) is 11.9 Å². The van der Waals surface area contributed by atoms with E-state index in [1.165, 1.54) is 12.1 Å². The van der Waals surface area contributed by atoms with Crippen molar-refractivity contribution in [1.82, 2.24) is 5.32 Å². The molecule has 1 aliphatic rings. The first-order valence-electron chi connectivity index (χ1n) is 7.90. The number of nitrogens with one attached hydrogen (secondary N) is 1. The van der Waals surface area contributed by atoms with Gasteiger partial charge in [-0.2, -0.15) is 0 Å². The summed E-state index contributed by atoms with van der Waals surface area (Å²) in [5.41, 5.74) is 1.38. The van der Waals surface area contributed by atoms with Crippen LogP contribution in [0.25, 0.3) is 6.08 Å². The van der Waals surface area contributed by atoms with Gasteiger partial charge < -0.3 is 5.11 Å². The number of imide groups is 2. The topological polar surface area (TPSA) is 86.7 Å². The van der Waals surface area contributed by atoms with Crippen LogP contribution in [-0.4, -0.2) is 23.0 Å². The molecule has 0 radical (unpaired) electrons. The largest absolute Gasteiger partial charge is 0.508 e. The fraction of sp³-hybridized carbons (Fsp3) is 0.0500. The molecule has 3 rings (SSSR count). The average Bonchev–Trinajstić information content (AvgIpc) is 2.62. The highest BCUT2D eigenvalue weighted by atomic mass is 16.3. The number of phenolic OH excluding ortho intramolecular Hbond substituents is 1. The van der Waals surface area contributed by atoms with Gasteiger partial charge in [-0.3, -0.25) is 14.9 Å². The molecule has 2 aromatic rings. The molecule has 130 valence electrons. The molecule has 2 N–H and O–H groups in total. The van der Waals surface area contributed by atoms with Crippen LogP contribution in [0.1, 0.15) is 11.1 Å². The Labute approximate surface area is 150 Å². The minimum absolute atomic E-state index is 0.104. The Morgan fingerprint density at radius 3 is 2.50 bits per heavy atom. The summed E-state index contributed by atoms with van der Waals surface area (Å²) < 4.78 is 0. The fourth-order valence-corrected chi connectivity index (χ4v) is 2.65. The maximum Gasteiger partial charge on any atom is 0.335 e. The second kappa shape index (κ2) is 7.06. The van der Waals surface area contributed by atoms with Gasteiger partial charge in [0.15, 0.2) is 0 Å². The van der Waals surface area contributed by atoms with Crippen LogP contribution >= 0.6 is 0 Å². The van der Waals surface area contributed by atoms with Crippen molar-refractivity contribution < 1.29 is 19.5 Å². The molecule has 0 saturated carbocycles. The van der Waals surface area contributed by atoms with Crippen LogP contribution in [0.5, 0.6) is 5.75 Å². The number of rotatable bonds is 4. The number of para-hydroxylation sites is 1. The zero-order valence-electron chi connectivity index (χ0n) is 13.8. The molecule has 0 spiro atoms. The molecule has 1 heterocycles. The van der Waals surface area contributed by atoms with E-state index in [9.17, 15) is 19.5 Å². The number of barbiturate groups is 1. The van der Waals surface area contributed by atoms with Crippen LogP contribution < -0.4 is 10.2 Å². The standard InChI is InChI=1S/C20H16N2O4/c1-2-6-14-11-13(9-10-17(14)23)12-16-18(24)21-20(26)22(19(16)25)15-7-4-3-5-8-15/h2-5,7-12,23H,1,6H2,(H,21,24,26)/b16-12-. The van der Waals surface area contributed by atoms with E-state index in [1.807, 2.05) is 0 Å². The Hall–Kier alpha value is -3.67. The number of urea groups is 1. The highest BCUT2D eigenvalue weighted by Gasteiger charge is 2.36. The fourth-order valence-electron chi connectivity index (χ4n) is 2.65. The van der Waals surface area contributed by atoms with Crippen molar-refractivity contribution in [2.45, 2.75) is 6.42 Å². The summed E-state index contributed by atoms with van der Waals surface area (Å²) in [6.45, 7) is 3.63. The SMILES string of the molecule is C=CCc1cc(/C=C2/C(=O)NC(=O)N(c3ccccc3)C2=O)ccc1O. The number of hydrogen-bond acceptors (Lipinski definition) is 4. The highest BCUT2D eigenvalue weighted by molar-refractivity contribution is 6.39. The molecule has 1 saturated heterocycles. The quantitative estimate of drug-likeness (QED) is 0.505. The monoisotopic (exact) mass is 348 g/mol. The van der Waals surface area contributed by atoms with Gasteiger partial charge >= 0.3 is 6.03 Å². The summed E-state index contributed by atoms with van der Waals surface area (Å²) in [5, 5.41) is 12.0. The van der Waals surface area contributed by atoms with E-state index in [4.69, 9.17) is 0 Å². The number of hydrogen-bond donors (Lipinski definition) is 2. The Morgan fingerprint density at radius 2 is 1.81 bits per heavy atom. The molecule has 1 aliphatic heterocycles. The lowest BCUT2D eigenvalue weighted by Crippen LogP contribution is -2.54. The molecule has 0 unspecified atom stereocenters. The summed E-state index contributed by atoms with van der Waals surface area (Å²) in [6, 6.07) is 12.3. The molecule has 2 aromatic carbocycles. The van der Waals surface area contributed by atoms with Crippen molar-refractivity contribution in [3.63, 3.8) is 0 Å². The van der Waals surface area contributed by atoms with E-state index in [-0.39, 0.29) is 11.3 Å². The van der Waals surface area contributed by atoms with Crippen molar-refractivity contribution in [2.75, 3.05) is 4.90 Å². The van der Waals surface area contributed by atoms with Gasteiger partial charge in [-0.25, -0.2) is 9.69 Å². The first kappa shape index (κ1) is 17.2. The van der Waals surface area contributed by atoms with Crippen molar-refractivity contribution in [2.24, 2.45) is 0 Å². The normalized spacial score (nSPS) is 15.9. The summed E-state index contributed by atoms with van der Waals surface area (Å²) in [6.07, 6.45) is 3.48. The van der Waals surface area contributed by atoms with Crippen LogP contribution in [-0.2, 0) is 16.0 Å². The number of benzene rings is 2. The number of nitrogens with zero attached hydrogens (tertiary/aromatic N) is 1. The number of allylic oxidation sites excluding steroid dienone is 1. The predicted molar refractivity (Wildman–Crippen MR) is 97.5 cm³/mol. The molecular weight excluding hydrogens is 332 g/mol. The zero-order chi connectivity index (χ0) is 18.7. The van der Waals surface area contributed by atoms with E-state index in [0.29, 0.717) is 23.2 Å². The summed E-state index contributed by atoms with van der Waals surface area (Å²) in [4.78, 5) is 37.9. The number of aromatic hydroxyl groups is 1. The summed E-state index contributed by atoms with van der Waals surface area (Å²) in [5.74, 6) is -1.36. The van der Waals surface area contributed by atoms with Crippen LogP contribution in [0.2, 0.25) is 0 Å². The molecule has 0 atom stereocenters. The lowest BCUT2D eigenvalue weighted by atomic mass is 10.0. The van der Waals surface area contributed by atoms with E-state index in [1.54, 1.807) is 48.5 Å². The molecule has 6 nitrogen and oxygen atoms in total. The van der Waals surface area contributed by atoms with E-state index < -0.39 is 17.8 Å². The molecule has 0 bridgehead atoms. The second-order valence-electron chi connectivity index (χ2n) is 5.67. The predicted octanol–water partition coefficient (Wildman–Crippen LogP) is 2.79. The Bertz CT molecular complexity index is 932. The van der Waals surface area contributed by atoms with Crippen molar-refractivity contribution in [1.29, 1.82) is 0 Å². The van der Waals surface area contributed by atoms with Gasteiger partial charge in [-0.1, -0.05) is 30.3 Å². The average molecular weight is 348 g/mol. The Balaban J connectivity index is 2.01. The third kappa shape index (κ3) is 3.25. The lowest BCUT2D eigenvalue weighted by molar-refractivity contribution is -0.122. The second-order valence-corrected chi connectivity index (χ2v) is 5.67. The number of amides is 4. The van der Waals surface area contributed by atoms with Crippen LogP contribution in [0, 0.1) is 0 Å². The van der Waals surface area contributed by atoms with Crippen LogP contribution in [0.3, 0.4) is 0 Å². The number of anilines is 1. The summed E-state index contributed by atoms with van der Waals surface area (Å²) >= 11 is 0. The maximum atomic E-state index is 12.7. The van der Waals surface area contributed by atoms with Gasteiger partial charge in [-0.15, -0.1) is 6.58 Å². The maximum absolute atomic E-state index is 12.7. The Morgan fingerprint density at radius 1 is 1.08 bits per heavy atom. The molecule has 0 aromatic heterocycles. The Kier molecular flexibility index (Phi) is 4.66. The first-order chi connectivity index (χ1) is 12.5. The third-order valence-corrected chi connectivity index (χ3v) is 3.89. The van der Waals surface area contributed by atoms with Crippen molar-refractivity contribution in [3.8, 4) is 5.75 Å². The zero-order valence-corrected chi connectivity index (χ0v) is 13.8. The van der Waals surface area contributed by atoms with E-state index in [0.717, 1.165) is 4.90 Å². The van der Waals surface area contributed by atoms with Crippen molar-refractivity contribution in [3.05, 3.63) is 77.9 Å². The highest BCUT2D eigenvalue weighted by Crippen LogP contribution is 2.24. The van der Waals surface area contributed by atoms with Crippen LogP contribution in [0.15, 0.2) is 66.8 Å². The number of carbonyl (C=O) groups is 3. The smallest absolute Gasteiger partial charge is 0.335 e. The molecule has 1 fully saturated rings. The number of carbonyl (C=O) groups excluding carboxylic acids is 3. The van der Waals surface area contributed by atoms with Crippen molar-refractivity contribution >= 4 is 29.6 Å². The van der Waals surface area contributed by atoms with Gasteiger partial charge in [0.2, 0.25) is 0 Å². The molecule has 4 amide bonds. The first-order valence-corrected chi connectivity index (χ1v) is 7.90. The lowest BCUT2D eigenvalue weighted by Gasteiger charge is -2.26.